The smallest absolute Gasteiger partial charge is 0.223 e. The molecule has 0 N–H and O–H groups in total. The Morgan fingerprint density at radius 3 is 2.46 bits per heavy atom. The number of pyridine rings is 1. The fraction of sp³-hybridized carbons (Fsp3) is 0.412. The number of nitrogens with zero attached hydrogens (tertiary/aromatic N) is 4. The maximum absolute atomic E-state index is 12.3. The van der Waals surface area contributed by atoms with Gasteiger partial charge in [0.1, 0.15) is 0 Å². The van der Waals surface area contributed by atoms with Crippen molar-refractivity contribution in [3.63, 3.8) is 0 Å². The number of hydrogen-bond donors (Lipinski definition) is 0. The molecule has 2 aromatic rings. The Bertz CT molecular complexity index is 708. The van der Waals surface area contributed by atoms with Gasteiger partial charge in [0, 0.05) is 69.3 Å². The van der Waals surface area contributed by atoms with E-state index in [1.165, 1.54) is 0 Å². The Morgan fingerprint density at radius 2 is 1.79 bits per heavy atom. The van der Waals surface area contributed by atoms with Crippen LogP contribution < -0.4 is 0 Å². The fourth-order valence-electron chi connectivity index (χ4n) is 2.72. The van der Waals surface area contributed by atoms with Crippen LogP contribution in [0.15, 0.2) is 29.9 Å². The lowest BCUT2D eigenvalue weighted by atomic mass is 10.2. The third-order valence-electron chi connectivity index (χ3n) is 4.16. The van der Waals surface area contributed by atoms with Crippen LogP contribution in [0.5, 0.6) is 0 Å². The highest BCUT2D eigenvalue weighted by Crippen LogP contribution is 2.22. The Hall–Kier alpha value is -2.28. The van der Waals surface area contributed by atoms with E-state index in [9.17, 15) is 9.59 Å². The summed E-state index contributed by atoms with van der Waals surface area (Å²) in [6.07, 6.45) is 4.61. The number of rotatable bonds is 4. The van der Waals surface area contributed by atoms with E-state index in [1.54, 1.807) is 35.6 Å². The SMILES string of the molecule is CC(=O)N1CCN(C(=O)CCc2nc(-c3ccncc3)cs2)CC1. The second-order valence-electron chi connectivity index (χ2n) is 5.75. The Kier molecular flexibility index (Phi) is 5.20. The van der Waals surface area contributed by atoms with Gasteiger partial charge in [-0.05, 0) is 12.1 Å². The zero-order chi connectivity index (χ0) is 16.9. The number of thiazole rings is 1. The lowest BCUT2D eigenvalue weighted by Gasteiger charge is -2.34. The number of hydrogen-bond acceptors (Lipinski definition) is 5. The number of carbonyl (C=O) groups is 2. The van der Waals surface area contributed by atoms with Crippen LogP contribution in [0.1, 0.15) is 18.4 Å². The van der Waals surface area contributed by atoms with E-state index in [1.807, 2.05) is 22.4 Å². The zero-order valence-electron chi connectivity index (χ0n) is 13.6. The minimum atomic E-state index is 0.0773. The molecule has 3 rings (SSSR count). The molecule has 7 heteroatoms. The van der Waals surface area contributed by atoms with Crippen molar-refractivity contribution in [3.05, 3.63) is 34.9 Å². The summed E-state index contributed by atoms with van der Waals surface area (Å²) in [5.41, 5.74) is 1.97. The molecule has 0 aliphatic carbocycles. The molecule has 2 aromatic heterocycles. The third kappa shape index (κ3) is 3.97. The first-order valence-corrected chi connectivity index (χ1v) is 8.89. The Balaban J connectivity index is 1.50. The Labute approximate surface area is 145 Å². The van der Waals surface area contributed by atoms with Crippen LogP contribution >= 0.6 is 11.3 Å². The van der Waals surface area contributed by atoms with E-state index in [4.69, 9.17) is 0 Å². The lowest BCUT2D eigenvalue weighted by molar-refractivity contribution is -0.138. The van der Waals surface area contributed by atoms with Gasteiger partial charge in [-0.1, -0.05) is 0 Å². The zero-order valence-corrected chi connectivity index (χ0v) is 14.5. The van der Waals surface area contributed by atoms with Crippen molar-refractivity contribution in [3.8, 4) is 11.3 Å². The molecule has 3 heterocycles. The van der Waals surface area contributed by atoms with Gasteiger partial charge in [0.25, 0.3) is 0 Å². The van der Waals surface area contributed by atoms with E-state index < -0.39 is 0 Å². The van der Waals surface area contributed by atoms with Crippen molar-refractivity contribution in [1.82, 2.24) is 19.8 Å². The van der Waals surface area contributed by atoms with Gasteiger partial charge in [-0.25, -0.2) is 4.98 Å². The van der Waals surface area contributed by atoms with Crippen molar-refractivity contribution in [1.29, 1.82) is 0 Å². The van der Waals surface area contributed by atoms with Crippen LogP contribution in [0.3, 0.4) is 0 Å². The summed E-state index contributed by atoms with van der Waals surface area (Å²) in [7, 11) is 0. The molecule has 0 spiro atoms. The first-order valence-electron chi connectivity index (χ1n) is 8.01. The van der Waals surface area contributed by atoms with E-state index in [0.717, 1.165) is 16.3 Å². The number of aromatic nitrogens is 2. The van der Waals surface area contributed by atoms with Gasteiger partial charge in [-0.2, -0.15) is 0 Å². The summed E-state index contributed by atoms with van der Waals surface area (Å²) in [4.78, 5) is 35.9. The van der Waals surface area contributed by atoms with E-state index in [-0.39, 0.29) is 11.8 Å². The minimum absolute atomic E-state index is 0.0773. The van der Waals surface area contributed by atoms with Crippen molar-refractivity contribution >= 4 is 23.2 Å². The standard InChI is InChI=1S/C17H20N4O2S/c1-13(22)20-8-10-21(11-9-20)17(23)3-2-16-19-15(12-24-16)14-4-6-18-7-5-14/h4-7,12H,2-3,8-11H2,1H3. The van der Waals surface area contributed by atoms with Crippen molar-refractivity contribution in [2.24, 2.45) is 0 Å². The molecule has 0 aromatic carbocycles. The van der Waals surface area contributed by atoms with Gasteiger partial charge in [0.05, 0.1) is 10.7 Å². The highest BCUT2D eigenvalue weighted by molar-refractivity contribution is 7.09. The topological polar surface area (TPSA) is 66.4 Å². The largest absolute Gasteiger partial charge is 0.339 e. The average Bonchev–Trinajstić information content (AvgIpc) is 3.09. The number of aryl methyl sites for hydroxylation is 1. The van der Waals surface area contributed by atoms with Gasteiger partial charge < -0.3 is 9.80 Å². The molecular weight excluding hydrogens is 324 g/mol. The van der Waals surface area contributed by atoms with Crippen LogP contribution in [0.4, 0.5) is 0 Å². The molecule has 0 saturated carbocycles. The minimum Gasteiger partial charge on any atom is -0.339 e. The first-order chi connectivity index (χ1) is 11.6. The van der Waals surface area contributed by atoms with E-state index >= 15 is 0 Å². The molecule has 0 atom stereocenters. The van der Waals surface area contributed by atoms with Crippen LogP contribution in [-0.4, -0.2) is 57.8 Å². The predicted molar refractivity (Wildman–Crippen MR) is 92.5 cm³/mol. The molecule has 1 saturated heterocycles. The molecule has 2 amide bonds. The van der Waals surface area contributed by atoms with Gasteiger partial charge in [-0.15, -0.1) is 11.3 Å². The molecular formula is C17H20N4O2S. The summed E-state index contributed by atoms with van der Waals surface area (Å²) in [6.45, 7) is 4.08. The summed E-state index contributed by atoms with van der Waals surface area (Å²) < 4.78 is 0. The molecule has 24 heavy (non-hydrogen) atoms. The summed E-state index contributed by atoms with van der Waals surface area (Å²) in [5, 5.41) is 2.98. The maximum atomic E-state index is 12.3. The molecule has 1 aliphatic rings. The number of piperazine rings is 1. The highest BCUT2D eigenvalue weighted by Gasteiger charge is 2.22. The predicted octanol–water partition coefficient (Wildman–Crippen LogP) is 1.83. The van der Waals surface area contributed by atoms with Crippen molar-refractivity contribution in [2.45, 2.75) is 19.8 Å². The monoisotopic (exact) mass is 344 g/mol. The van der Waals surface area contributed by atoms with Crippen molar-refractivity contribution < 1.29 is 9.59 Å². The van der Waals surface area contributed by atoms with Crippen molar-refractivity contribution in [2.75, 3.05) is 26.2 Å². The summed E-state index contributed by atoms with van der Waals surface area (Å²) in [6, 6.07) is 3.86. The number of carbonyl (C=O) groups excluding carboxylic acids is 2. The van der Waals surface area contributed by atoms with Crippen LogP contribution in [0, 0.1) is 0 Å². The highest BCUT2D eigenvalue weighted by atomic mass is 32.1. The van der Waals surface area contributed by atoms with Crippen LogP contribution in [0.2, 0.25) is 0 Å². The second kappa shape index (κ2) is 7.53. The molecule has 0 radical (unpaired) electrons. The molecule has 1 fully saturated rings. The van der Waals surface area contributed by atoms with Gasteiger partial charge in [-0.3, -0.25) is 14.6 Å². The molecule has 1 aliphatic heterocycles. The third-order valence-corrected chi connectivity index (χ3v) is 5.07. The molecule has 6 nitrogen and oxygen atoms in total. The van der Waals surface area contributed by atoms with Crippen LogP contribution in [0.25, 0.3) is 11.3 Å². The first kappa shape index (κ1) is 16.6. The number of amides is 2. The lowest BCUT2D eigenvalue weighted by Crippen LogP contribution is -2.50. The van der Waals surface area contributed by atoms with Gasteiger partial charge >= 0.3 is 0 Å². The maximum Gasteiger partial charge on any atom is 0.223 e. The average molecular weight is 344 g/mol. The van der Waals surface area contributed by atoms with Gasteiger partial charge in [0.15, 0.2) is 0 Å². The molecule has 0 unspecified atom stereocenters. The summed E-state index contributed by atoms with van der Waals surface area (Å²) >= 11 is 1.58. The fourth-order valence-corrected chi connectivity index (χ4v) is 3.53. The second-order valence-corrected chi connectivity index (χ2v) is 6.69. The van der Waals surface area contributed by atoms with Crippen LogP contribution in [-0.2, 0) is 16.0 Å². The van der Waals surface area contributed by atoms with E-state index in [0.29, 0.717) is 39.0 Å². The van der Waals surface area contributed by atoms with Gasteiger partial charge in [0.2, 0.25) is 11.8 Å². The van der Waals surface area contributed by atoms with E-state index in [2.05, 4.69) is 9.97 Å². The normalized spacial score (nSPS) is 14.7. The molecule has 126 valence electrons. The quantitative estimate of drug-likeness (QED) is 0.849. The summed E-state index contributed by atoms with van der Waals surface area (Å²) in [5.74, 6) is 0.215. The Morgan fingerprint density at radius 1 is 1.12 bits per heavy atom. The molecule has 0 bridgehead atoms.